The number of esters is 2. The van der Waals surface area contributed by atoms with Crippen molar-refractivity contribution in [1.29, 1.82) is 0 Å². The molecule has 35 heavy (non-hydrogen) atoms. The first kappa shape index (κ1) is 23.3. The Bertz CT molecular complexity index is 1320. The predicted molar refractivity (Wildman–Crippen MR) is 122 cm³/mol. The molecule has 1 fully saturated rings. The zero-order valence-corrected chi connectivity index (χ0v) is 18.8. The summed E-state index contributed by atoms with van der Waals surface area (Å²) in [5.41, 5.74) is 0.711. The minimum absolute atomic E-state index is 0.0114. The number of hydrogen-bond donors (Lipinski definition) is 1. The number of nitrogens with zero attached hydrogens (tertiary/aromatic N) is 1. The summed E-state index contributed by atoms with van der Waals surface area (Å²) >= 11 is 0. The lowest BCUT2D eigenvalue weighted by atomic mass is 10.1. The molecule has 2 heterocycles. The Morgan fingerprint density at radius 1 is 0.971 bits per heavy atom. The molecule has 1 aliphatic rings. The van der Waals surface area contributed by atoms with E-state index in [1.165, 1.54) is 32.4 Å². The third-order valence-corrected chi connectivity index (χ3v) is 5.07. The summed E-state index contributed by atoms with van der Waals surface area (Å²) in [4.78, 5) is 50.3. The second-order valence-electron chi connectivity index (χ2n) is 7.29. The van der Waals surface area contributed by atoms with Crippen molar-refractivity contribution in [3.63, 3.8) is 0 Å². The molecule has 1 N–H and O–H groups in total. The molecule has 0 spiro atoms. The fraction of sp³-hybridized carbons (Fsp3) is 0.120. The summed E-state index contributed by atoms with van der Waals surface area (Å²) in [7, 11) is 2.74. The maximum absolute atomic E-state index is 12.9. The van der Waals surface area contributed by atoms with Crippen molar-refractivity contribution in [1.82, 2.24) is 10.2 Å². The molecule has 0 atom stereocenters. The van der Waals surface area contributed by atoms with Gasteiger partial charge in [0.2, 0.25) is 5.76 Å². The third-order valence-electron chi connectivity index (χ3n) is 5.07. The van der Waals surface area contributed by atoms with E-state index in [9.17, 15) is 19.2 Å². The van der Waals surface area contributed by atoms with Crippen molar-refractivity contribution in [2.24, 2.45) is 0 Å². The van der Waals surface area contributed by atoms with Crippen LogP contribution in [0.25, 0.3) is 6.08 Å². The number of carbonyl (C=O) groups excluding carboxylic acids is 4. The first-order chi connectivity index (χ1) is 16.9. The van der Waals surface area contributed by atoms with Crippen LogP contribution in [0.4, 0.5) is 4.79 Å². The Morgan fingerprint density at radius 2 is 1.71 bits per heavy atom. The molecular formula is C25H20N2O8. The van der Waals surface area contributed by atoms with Gasteiger partial charge < -0.3 is 23.9 Å². The second kappa shape index (κ2) is 9.96. The van der Waals surface area contributed by atoms with Crippen molar-refractivity contribution >= 4 is 30.0 Å². The van der Waals surface area contributed by atoms with Crippen LogP contribution in [-0.4, -0.2) is 43.0 Å². The van der Waals surface area contributed by atoms with E-state index in [-0.39, 0.29) is 29.5 Å². The summed E-state index contributed by atoms with van der Waals surface area (Å²) in [6, 6.07) is 15.2. The standard InChI is InChI=1S/C25H20N2O8/c1-32-17-9-7-15(8-10-17)23(29)35-20-6-4-3-5-16(20)13-19-22(28)27(25(31)26-19)14-18-11-12-21(34-18)24(30)33-2/h3-13H,14H2,1-2H3,(H,26,31)/b19-13+. The fourth-order valence-corrected chi connectivity index (χ4v) is 3.28. The molecule has 0 unspecified atom stereocenters. The number of ether oxygens (including phenoxy) is 3. The van der Waals surface area contributed by atoms with Gasteiger partial charge in [-0.25, -0.2) is 14.4 Å². The lowest BCUT2D eigenvalue weighted by molar-refractivity contribution is -0.123. The molecule has 0 aliphatic carbocycles. The van der Waals surface area contributed by atoms with Gasteiger partial charge in [0.05, 0.1) is 26.3 Å². The van der Waals surface area contributed by atoms with E-state index in [2.05, 4.69) is 10.1 Å². The minimum Gasteiger partial charge on any atom is -0.497 e. The van der Waals surface area contributed by atoms with Gasteiger partial charge in [0.25, 0.3) is 5.91 Å². The molecule has 0 saturated carbocycles. The first-order valence-electron chi connectivity index (χ1n) is 10.4. The number of hydrogen-bond acceptors (Lipinski definition) is 8. The Labute approximate surface area is 199 Å². The molecular weight excluding hydrogens is 456 g/mol. The highest BCUT2D eigenvalue weighted by atomic mass is 16.5. The Hall–Kier alpha value is -4.86. The van der Waals surface area contributed by atoms with Crippen molar-refractivity contribution in [2.45, 2.75) is 6.54 Å². The zero-order chi connectivity index (χ0) is 24.9. The van der Waals surface area contributed by atoms with Crippen molar-refractivity contribution < 1.29 is 37.8 Å². The van der Waals surface area contributed by atoms with Gasteiger partial charge in [0.1, 0.15) is 23.0 Å². The quantitative estimate of drug-likeness (QED) is 0.238. The maximum atomic E-state index is 12.9. The van der Waals surface area contributed by atoms with E-state index < -0.39 is 23.9 Å². The van der Waals surface area contributed by atoms with Crippen molar-refractivity contribution in [3.05, 3.63) is 89.0 Å². The number of imide groups is 1. The SMILES string of the molecule is COC(=O)c1ccc(CN2C(=O)N/C(=C/c3ccccc3OC(=O)c3ccc(OC)cc3)C2=O)o1. The number of urea groups is 1. The van der Waals surface area contributed by atoms with Crippen molar-refractivity contribution in [3.8, 4) is 11.5 Å². The number of furan rings is 1. The largest absolute Gasteiger partial charge is 0.497 e. The zero-order valence-electron chi connectivity index (χ0n) is 18.8. The summed E-state index contributed by atoms with van der Waals surface area (Å²) in [5.74, 6) is -0.891. The highest BCUT2D eigenvalue weighted by Crippen LogP contribution is 2.25. The molecule has 1 aliphatic heterocycles. The number of benzene rings is 2. The lowest BCUT2D eigenvalue weighted by Crippen LogP contribution is -2.30. The molecule has 0 bridgehead atoms. The Balaban J connectivity index is 1.51. The van der Waals surface area contributed by atoms with Gasteiger partial charge in [-0.15, -0.1) is 0 Å². The highest BCUT2D eigenvalue weighted by molar-refractivity contribution is 6.14. The van der Waals surface area contributed by atoms with E-state index in [4.69, 9.17) is 13.9 Å². The Morgan fingerprint density at radius 3 is 2.43 bits per heavy atom. The fourth-order valence-electron chi connectivity index (χ4n) is 3.28. The number of para-hydroxylation sites is 1. The summed E-state index contributed by atoms with van der Waals surface area (Å²) in [6.45, 7) is -0.187. The van der Waals surface area contributed by atoms with Crippen LogP contribution in [0, 0.1) is 0 Å². The van der Waals surface area contributed by atoms with Crippen LogP contribution in [0.2, 0.25) is 0 Å². The molecule has 3 aromatic rings. The van der Waals surface area contributed by atoms with Gasteiger partial charge >= 0.3 is 18.0 Å². The van der Waals surface area contributed by atoms with Crippen LogP contribution < -0.4 is 14.8 Å². The van der Waals surface area contributed by atoms with Gasteiger partial charge in [0, 0.05) is 5.56 Å². The molecule has 4 rings (SSSR count). The van der Waals surface area contributed by atoms with Gasteiger partial charge in [0.15, 0.2) is 0 Å². The maximum Gasteiger partial charge on any atom is 0.373 e. The van der Waals surface area contributed by atoms with Crippen LogP contribution in [0.3, 0.4) is 0 Å². The highest BCUT2D eigenvalue weighted by Gasteiger charge is 2.34. The molecule has 1 saturated heterocycles. The van der Waals surface area contributed by atoms with Gasteiger partial charge in [-0.2, -0.15) is 0 Å². The van der Waals surface area contributed by atoms with Crippen molar-refractivity contribution in [2.75, 3.05) is 14.2 Å². The van der Waals surface area contributed by atoms with Gasteiger partial charge in [-0.05, 0) is 48.5 Å². The Kier molecular flexibility index (Phi) is 6.63. The molecule has 10 heteroatoms. The number of rotatable bonds is 7. The van der Waals surface area contributed by atoms with E-state index in [0.717, 1.165) is 4.90 Å². The minimum atomic E-state index is -0.671. The van der Waals surface area contributed by atoms with Crippen LogP contribution in [0.5, 0.6) is 11.5 Å². The molecule has 2 aromatic carbocycles. The van der Waals surface area contributed by atoms with E-state index in [0.29, 0.717) is 16.9 Å². The molecule has 10 nitrogen and oxygen atoms in total. The molecule has 1 aromatic heterocycles. The van der Waals surface area contributed by atoms with Crippen LogP contribution in [0.1, 0.15) is 32.2 Å². The van der Waals surface area contributed by atoms with Crippen LogP contribution in [-0.2, 0) is 16.1 Å². The molecule has 0 radical (unpaired) electrons. The smallest absolute Gasteiger partial charge is 0.373 e. The topological polar surface area (TPSA) is 124 Å². The average Bonchev–Trinajstić information content (AvgIpc) is 3.45. The van der Waals surface area contributed by atoms with Gasteiger partial charge in [-0.1, -0.05) is 18.2 Å². The molecule has 178 valence electrons. The first-order valence-corrected chi connectivity index (χ1v) is 10.4. The third kappa shape index (κ3) is 5.06. The number of methoxy groups -OCH3 is 2. The predicted octanol–water partition coefficient (Wildman–Crippen LogP) is 3.39. The van der Waals surface area contributed by atoms with Crippen LogP contribution >= 0.6 is 0 Å². The normalized spacial score (nSPS) is 14.1. The number of amides is 3. The molecule has 3 amide bonds. The number of carbonyl (C=O) groups is 4. The summed E-state index contributed by atoms with van der Waals surface area (Å²) in [5, 5.41) is 2.50. The van der Waals surface area contributed by atoms with E-state index >= 15 is 0 Å². The lowest BCUT2D eigenvalue weighted by Gasteiger charge is -2.09. The number of nitrogens with one attached hydrogen (secondary N) is 1. The summed E-state index contributed by atoms with van der Waals surface area (Å²) < 4.78 is 20.5. The average molecular weight is 476 g/mol. The van der Waals surface area contributed by atoms with Crippen LogP contribution in [0.15, 0.2) is 70.8 Å². The monoisotopic (exact) mass is 476 g/mol. The van der Waals surface area contributed by atoms with Gasteiger partial charge in [-0.3, -0.25) is 9.69 Å². The second-order valence-corrected chi connectivity index (χ2v) is 7.29. The summed E-state index contributed by atoms with van der Waals surface area (Å²) in [6.07, 6.45) is 1.42. The van der Waals surface area contributed by atoms with E-state index in [1.807, 2.05) is 0 Å². The van der Waals surface area contributed by atoms with E-state index in [1.54, 1.807) is 48.5 Å².